The zero-order valence-corrected chi connectivity index (χ0v) is 14.0. The van der Waals surface area contributed by atoms with Crippen molar-refractivity contribution in [2.24, 2.45) is 5.92 Å². The van der Waals surface area contributed by atoms with Gasteiger partial charge in [0.05, 0.1) is 0 Å². The van der Waals surface area contributed by atoms with E-state index < -0.39 is 6.10 Å². The quantitative estimate of drug-likeness (QED) is 0.732. The van der Waals surface area contributed by atoms with Crippen molar-refractivity contribution in [2.45, 2.75) is 52.6 Å². The summed E-state index contributed by atoms with van der Waals surface area (Å²) in [5.41, 5.74) is 0. The number of carbonyl (C=O) groups is 1. The first kappa shape index (κ1) is 17.8. The highest BCUT2D eigenvalue weighted by Gasteiger charge is 2.16. The molecule has 21 heavy (non-hydrogen) atoms. The van der Waals surface area contributed by atoms with Gasteiger partial charge in [0.25, 0.3) is 5.91 Å². The third-order valence-corrected chi connectivity index (χ3v) is 3.86. The SMILES string of the molecule is CCCC[C@@H](CC)CNC(=O)[C@H](C)Oc1ccc(Cl)cc1. The standard InChI is InChI=1S/C17H26ClNO2/c1-4-6-7-14(5-2)12-19-17(20)13(3)21-16-10-8-15(18)9-11-16/h8-11,13-14H,4-7,12H2,1-3H3,(H,19,20)/t13-,14+/m0/s1. The molecule has 1 rings (SSSR count). The first-order valence-corrected chi connectivity index (χ1v) is 8.14. The van der Waals surface area contributed by atoms with Crippen molar-refractivity contribution in [3.05, 3.63) is 29.3 Å². The van der Waals surface area contributed by atoms with Gasteiger partial charge in [-0.15, -0.1) is 0 Å². The largest absolute Gasteiger partial charge is 0.481 e. The van der Waals surface area contributed by atoms with Gasteiger partial charge < -0.3 is 10.1 Å². The Morgan fingerprint density at radius 2 is 1.95 bits per heavy atom. The normalized spacial score (nSPS) is 13.5. The number of unbranched alkanes of at least 4 members (excludes halogenated alkanes) is 1. The Morgan fingerprint density at radius 1 is 1.29 bits per heavy atom. The lowest BCUT2D eigenvalue weighted by Crippen LogP contribution is -2.38. The maximum Gasteiger partial charge on any atom is 0.260 e. The van der Waals surface area contributed by atoms with Crippen LogP contribution in [0.5, 0.6) is 5.75 Å². The summed E-state index contributed by atoms with van der Waals surface area (Å²) in [7, 11) is 0. The molecule has 1 aromatic rings. The van der Waals surface area contributed by atoms with Gasteiger partial charge in [0, 0.05) is 11.6 Å². The summed E-state index contributed by atoms with van der Waals surface area (Å²) in [5.74, 6) is 1.14. The van der Waals surface area contributed by atoms with E-state index in [9.17, 15) is 4.79 Å². The van der Waals surface area contributed by atoms with Gasteiger partial charge in [-0.3, -0.25) is 4.79 Å². The number of hydrogen-bond acceptors (Lipinski definition) is 2. The molecule has 118 valence electrons. The Hall–Kier alpha value is -1.22. The van der Waals surface area contributed by atoms with E-state index in [1.807, 2.05) is 0 Å². The van der Waals surface area contributed by atoms with E-state index in [4.69, 9.17) is 16.3 Å². The van der Waals surface area contributed by atoms with Gasteiger partial charge in [0.1, 0.15) is 5.75 Å². The Labute approximate surface area is 133 Å². The van der Waals surface area contributed by atoms with E-state index in [0.29, 0.717) is 16.7 Å². The van der Waals surface area contributed by atoms with E-state index in [-0.39, 0.29) is 5.91 Å². The highest BCUT2D eigenvalue weighted by molar-refractivity contribution is 6.30. The molecule has 0 fully saturated rings. The molecule has 0 radical (unpaired) electrons. The topological polar surface area (TPSA) is 38.3 Å². The van der Waals surface area contributed by atoms with E-state index in [1.54, 1.807) is 31.2 Å². The minimum atomic E-state index is -0.505. The number of carbonyl (C=O) groups excluding carboxylic acids is 1. The third-order valence-electron chi connectivity index (χ3n) is 3.60. The highest BCUT2D eigenvalue weighted by Crippen LogP contribution is 2.17. The molecule has 1 amide bonds. The monoisotopic (exact) mass is 311 g/mol. The molecule has 1 N–H and O–H groups in total. The molecular formula is C17H26ClNO2. The molecule has 0 spiro atoms. The van der Waals surface area contributed by atoms with Crippen molar-refractivity contribution in [3.63, 3.8) is 0 Å². The lowest BCUT2D eigenvalue weighted by molar-refractivity contribution is -0.127. The average Bonchev–Trinajstić information content (AvgIpc) is 2.49. The van der Waals surface area contributed by atoms with Crippen LogP contribution in [-0.2, 0) is 4.79 Å². The Balaban J connectivity index is 2.38. The maximum absolute atomic E-state index is 12.0. The fraction of sp³-hybridized carbons (Fsp3) is 0.588. The predicted molar refractivity (Wildman–Crippen MR) is 87.9 cm³/mol. The van der Waals surface area contributed by atoms with Crippen molar-refractivity contribution < 1.29 is 9.53 Å². The van der Waals surface area contributed by atoms with Crippen LogP contribution in [0, 0.1) is 5.92 Å². The first-order valence-electron chi connectivity index (χ1n) is 7.76. The predicted octanol–water partition coefficient (Wildman–Crippen LogP) is 4.44. The summed E-state index contributed by atoms with van der Waals surface area (Å²) in [6.45, 7) is 6.84. The second-order valence-electron chi connectivity index (χ2n) is 5.38. The lowest BCUT2D eigenvalue weighted by Gasteiger charge is -2.18. The third kappa shape index (κ3) is 6.85. The van der Waals surface area contributed by atoms with Crippen molar-refractivity contribution in [2.75, 3.05) is 6.54 Å². The van der Waals surface area contributed by atoms with Crippen molar-refractivity contribution in [1.82, 2.24) is 5.32 Å². The van der Waals surface area contributed by atoms with Gasteiger partial charge >= 0.3 is 0 Å². The molecular weight excluding hydrogens is 286 g/mol. The lowest BCUT2D eigenvalue weighted by atomic mass is 9.99. The number of hydrogen-bond donors (Lipinski definition) is 1. The summed E-state index contributed by atoms with van der Waals surface area (Å²) < 4.78 is 5.61. The molecule has 0 saturated carbocycles. The Kier molecular flexibility index (Phi) is 8.21. The molecule has 0 saturated heterocycles. The summed E-state index contributed by atoms with van der Waals surface area (Å²) in [6.07, 6.45) is 4.16. The van der Waals surface area contributed by atoms with Gasteiger partial charge in [-0.25, -0.2) is 0 Å². The van der Waals surface area contributed by atoms with Gasteiger partial charge in [0.15, 0.2) is 6.10 Å². The van der Waals surface area contributed by atoms with Crippen LogP contribution in [0.15, 0.2) is 24.3 Å². The van der Waals surface area contributed by atoms with Crippen LogP contribution in [0.25, 0.3) is 0 Å². The summed E-state index contributed by atoms with van der Waals surface area (Å²) >= 11 is 5.82. The van der Waals surface area contributed by atoms with Gasteiger partial charge in [-0.2, -0.15) is 0 Å². The van der Waals surface area contributed by atoms with Crippen LogP contribution in [0.3, 0.4) is 0 Å². The number of amides is 1. The summed E-state index contributed by atoms with van der Waals surface area (Å²) in [6, 6.07) is 7.03. The van der Waals surface area contributed by atoms with E-state index in [1.165, 1.54) is 19.3 Å². The van der Waals surface area contributed by atoms with Gasteiger partial charge in [-0.1, -0.05) is 44.7 Å². The second-order valence-corrected chi connectivity index (χ2v) is 5.81. The van der Waals surface area contributed by atoms with Crippen molar-refractivity contribution in [3.8, 4) is 5.75 Å². The van der Waals surface area contributed by atoms with Crippen molar-refractivity contribution in [1.29, 1.82) is 0 Å². The molecule has 0 aromatic heterocycles. The molecule has 0 bridgehead atoms. The highest BCUT2D eigenvalue weighted by atomic mass is 35.5. The number of rotatable bonds is 9. The maximum atomic E-state index is 12.0. The molecule has 3 nitrogen and oxygen atoms in total. The molecule has 0 aliphatic carbocycles. The molecule has 0 aliphatic rings. The van der Waals surface area contributed by atoms with E-state index >= 15 is 0 Å². The zero-order chi connectivity index (χ0) is 15.7. The van der Waals surface area contributed by atoms with Crippen LogP contribution in [-0.4, -0.2) is 18.6 Å². The Bertz CT molecular complexity index is 419. The van der Waals surface area contributed by atoms with Crippen LogP contribution in [0.4, 0.5) is 0 Å². The number of halogens is 1. The van der Waals surface area contributed by atoms with E-state index in [2.05, 4.69) is 19.2 Å². The van der Waals surface area contributed by atoms with Crippen molar-refractivity contribution >= 4 is 17.5 Å². The minimum absolute atomic E-state index is 0.0695. The smallest absolute Gasteiger partial charge is 0.260 e. The second kappa shape index (κ2) is 9.67. The molecule has 0 aliphatic heterocycles. The molecule has 1 aromatic carbocycles. The fourth-order valence-electron chi connectivity index (χ4n) is 2.10. The summed E-state index contributed by atoms with van der Waals surface area (Å²) in [4.78, 5) is 12.0. The van der Waals surface area contributed by atoms with Crippen LogP contribution in [0.2, 0.25) is 5.02 Å². The summed E-state index contributed by atoms with van der Waals surface area (Å²) in [5, 5.41) is 3.64. The molecule has 0 heterocycles. The van der Waals surface area contributed by atoms with Crippen LogP contribution < -0.4 is 10.1 Å². The molecule has 0 unspecified atom stereocenters. The molecule has 4 heteroatoms. The zero-order valence-electron chi connectivity index (χ0n) is 13.2. The first-order chi connectivity index (χ1) is 10.1. The Morgan fingerprint density at radius 3 is 2.52 bits per heavy atom. The number of benzene rings is 1. The van der Waals surface area contributed by atoms with Crippen LogP contribution >= 0.6 is 11.6 Å². The number of nitrogens with one attached hydrogen (secondary N) is 1. The van der Waals surface area contributed by atoms with Gasteiger partial charge in [0.2, 0.25) is 0 Å². The molecule has 2 atom stereocenters. The fourth-order valence-corrected chi connectivity index (χ4v) is 2.23. The van der Waals surface area contributed by atoms with Crippen LogP contribution in [0.1, 0.15) is 46.5 Å². The minimum Gasteiger partial charge on any atom is -0.481 e. The van der Waals surface area contributed by atoms with E-state index in [0.717, 1.165) is 13.0 Å². The average molecular weight is 312 g/mol. The number of ether oxygens (including phenoxy) is 1. The van der Waals surface area contributed by atoms with Gasteiger partial charge in [-0.05, 0) is 43.5 Å².